The number of hydrogen-bond acceptors (Lipinski definition) is 2. The summed E-state index contributed by atoms with van der Waals surface area (Å²) in [6.45, 7) is 0. The van der Waals surface area contributed by atoms with Gasteiger partial charge in [-0.2, -0.15) is 0 Å². The smallest absolute Gasteiger partial charge is 0.203 e. The van der Waals surface area contributed by atoms with Crippen LogP contribution in [0.1, 0.15) is 12.8 Å². The Kier molecular flexibility index (Phi) is 2.44. The predicted molar refractivity (Wildman–Crippen MR) is 67.1 cm³/mol. The Hall–Kier alpha value is -1.35. The molecule has 1 aromatic carbocycles. The van der Waals surface area contributed by atoms with Gasteiger partial charge >= 0.3 is 0 Å². The van der Waals surface area contributed by atoms with Crippen LogP contribution in [-0.4, -0.2) is 8.42 Å². The first-order valence-corrected chi connectivity index (χ1v) is 7.35. The standard InChI is InChI=1S/C14H14O2S/c15-17(16,13-4-2-1-3-5-13)14-9-7-11-6-8-12(14)10-11/h1-6,8-9,11-12H,7,10H2. The molecule has 0 aromatic heterocycles. The summed E-state index contributed by atoms with van der Waals surface area (Å²) in [6.07, 6.45) is 7.91. The van der Waals surface area contributed by atoms with Crippen LogP contribution in [0.4, 0.5) is 0 Å². The minimum absolute atomic E-state index is 0.0963. The molecule has 0 N–H and O–H groups in total. The molecule has 1 aromatic rings. The third-order valence-electron chi connectivity index (χ3n) is 3.52. The van der Waals surface area contributed by atoms with Gasteiger partial charge in [0.15, 0.2) is 0 Å². The molecule has 2 unspecified atom stereocenters. The molecule has 0 saturated heterocycles. The van der Waals surface area contributed by atoms with Gasteiger partial charge in [0.05, 0.1) is 9.80 Å². The number of allylic oxidation sites excluding steroid dienone is 4. The van der Waals surface area contributed by atoms with Crippen molar-refractivity contribution >= 4 is 9.84 Å². The normalized spacial score (nSPS) is 26.9. The quantitative estimate of drug-likeness (QED) is 0.752. The lowest BCUT2D eigenvalue weighted by Crippen LogP contribution is -2.16. The Morgan fingerprint density at radius 2 is 1.82 bits per heavy atom. The highest BCUT2D eigenvalue weighted by molar-refractivity contribution is 7.95. The molecule has 3 heteroatoms. The lowest BCUT2D eigenvalue weighted by atomic mass is 9.94. The van der Waals surface area contributed by atoms with Crippen LogP contribution in [0.3, 0.4) is 0 Å². The van der Waals surface area contributed by atoms with Crippen LogP contribution in [0, 0.1) is 11.8 Å². The lowest BCUT2D eigenvalue weighted by Gasteiger charge is -2.20. The zero-order chi connectivity index (χ0) is 11.9. The zero-order valence-electron chi connectivity index (χ0n) is 9.41. The van der Waals surface area contributed by atoms with E-state index < -0.39 is 9.84 Å². The Morgan fingerprint density at radius 3 is 2.59 bits per heavy atom. The first-order valence-electron chi connectivity index (χ1n) is 5.86. The van der Waals surface area contributed by atoms with Gasteiger partial charge < -0.3 is 0 Å². The maximum absolute atomic E-state index is 12.5. The van der Waals surface area contributed by atoms with Crippen LogP contribution in [0.15, 0.2) is 58.4 Å². The highest BCUT2D eigenvalue weighted by atomic mass is 32.2. The topological polar surface area (TPSA) is 34.1 Å². The molecule has 0 amide bonds. The largest absolute Gasteiger partial charge is 0.219 e. The number of rotatable bonds is 2. The van der Waals surface area contributed by atoms with E-state index in [4.69, 9.17) is 0 Å². The number of hydrogen-bond donors (Lipinski definition) is 0. The SMILES string of the molecule is O=S(=O)(C1=CCC2C=CC1C2)c1ccccc1. The molecule has 0 fully saturated rings. The van der Waals surface area contributed by atoms with Gasteiger partial charge in [-0.05, 0) is 30.9 Å². The van der Waals surface area contributed by atoms with Crippen molar-refractivity contribution in [3.8, 4) is 0 Å². The number of benzene rings is 1. The molecular formula is C14H14O2S. The van der Waals surface area contributed by atoms with E-state index in [1.165, 1.54) is 0 Å². The van der Waals surface area contributed by atoms with Crippen LogP contribution < -0.4 is 0 Å². The van der Waals surface area contributed by atoms with Crippen LogP contribution >= 0.6 is 0 Å². The van der Waals surface area contributed by atoms with Crippen LogP contribution in [0.25, 0.3) is 0 Å². The molecule has 2 aliphatic rings. The summed E-state index contributed by atoms with van der Waals surface area (Å²) in [6, 6.07) is 8.70. The fraction of sp³-hybridized carbons (Fsp3) is 0.286. The summed E-state index contributed by atoms with van der Waals surface area (Å²) < 4.78 is 24.9. The molecule has 0 spiro atoms. The molecule has 2 bridgehead atoms. The van der Waals surface area contributed by atoms with Crippen molar-refractivity contribution in [1.29, 1.82) is 0 Å². The molecule has 2 nitrogen and oxygen atoms in total. The van der Waals surface area contributed by atoms with Crippen molar-refractivity contribution in [3.63, 3.8) is 0 Å². The van der Waals surface area contributed by atoms with Gasteiger partial charge in [-0.25, -0.2) is 8.42 Å². The maximum Gasteiger partial charge on any atom is 0.203 e. The molecule has 0 saturated carbocycles. The van der Waals surface area contributed by atoms with Crippen LogP contribution in [0.5, 0.6) is 0 Å². The summed E-state index contributed by atoms with van der Waals surface area (Å²) >= 11 is 0. The summed E-state index contributed by atoms with van der Waals surface area (Å²) in [7, 11) is -3.29. The average molecular weight is 246 g/mol. The second kappa shape index (κ2) is 3.84. The van der Waals surface area contributed by atoms with Gasteiger partial charge in [0.25, 0.3) is 0 Å². The van der Waals surface area contributed by atoms with Crippen molar-refractivity contribution in [3.05, 3.63) is 53.5 Å². The van der Waals surface area contributed by atoms with Crippen molar-refractivity contribution in [2.45, 2.75) is 17.7 Å². The van der Waals surface area contributed by atoms with Gasteiger partial charge in [0.2, 0.25) is 9.84 Å². The van der Waals surface area contributed by atoms with Crippen LogP contribution in [-0.2, 0) is 9.84 Å². The maximum atomic E-state index is 12.5. The van der Waals surface area contributed by atoms with E-state index in [1.807, 2.05) is 18.2 Å². The second-order valence-corrected chi connectivity index (χ2v) is 6.60. The van der Waals surface area contributed by atoms with Crippen molar-refractivity contribution in [2.24, 2.45) is 11.8 Å². The Morgan fingerprint density at radius 1 is 1.06 bits per heavy atom. The van der Waals surface area contributed by atoms with Crippen molar-refractivity contribution in [1.82, 2.24) is 0 Å². The third kappa shape index (κ3) is 1.75. The summed E-state index contributed by atoms with van der Waals surface area (Å²) in [4.78, 5) is 0.999. The summed E-state index contributed by atoms with van der Waals surface area (Å²) in [5.74, 6) is 0.647. The molecule has 0 aliphatic heterocycles. The highest BCUT2D eigenvalue weighted by Crippen LogP contribution is 2.40. The molecule has 17 heavy (non-hydrogen) atoms. The molecular weight excluding hydrogens is 232 g/mol. The fourth-order valence-corrected chi connectivity index (χ4v) is 4.30. The molecule has 3 rings (SSSR count). The Balaban J connectivity index is 2.05. The van der Waals surface area contributed by atoms with E-state index >= 15 is 0 Å². The summed E-state index contributed by atoms with van der Waals surface area (Å²) in [5.41, 5.74) is 0. The number of sulfone groups is 1. The monoisotopic (exact) mass is 246 g/mol. The van der Waals surface area contributed by atoms with E-state index in [1.54, 1.807) is 24.3 Å². The number of fused-ring (bicyclic) bond motifs is 2. The first kappa shape index (κ1) is 10.8. The Bertz CT molecular complexity index is 582. The zero-order valence-corrected chi connectivity index (χ0v) is 10.2. The van der Waals surface area contributed by atoms with Gasteiger partial charge in [-0.3, -0.25) is 0 Å². The molecule has 0 heterocycles. The van der Waals surface area contributed by atoms with Crippen molar-refractivity contribution in [2.75, 3.05) is 0 Å². The molecule has 88 valence electrons. The van der Waals surface area contributed by atoms with E-state index in [-0.39, 0.29) is 5.92 Å². The third-order valence-corrected chi connectivity index (χ3v) is 5.51. The fourth-order valence-electron chi connectivity index (χ4n) is 2.62. The molecule has 2 aliphatic carbocycles. The van der Waals surface area contributed by atoms with Gasteiger partial charge in [0, 0.05) is 5.92 Å². The predicted octanol–water partition coefficient (Wildman–Crippen LogP) is 2.94. The second-order valence-electron chi connectivity index (χ2n) is 4.65. The first-order chi connectivity index (χ1) is 8.18. The van der Waals surface area contributed by atoms with E-state index in [0.717, 1.165) is 12.8 Å². The van der Waals surface area contributed by atoms with Crippen molar-refractivity contribution < 1.29 is 8.42 Å². The average Bonchev–Trinajstić information content (AvgIpc) is 2.71. The summed E-state index contributed by atoms with van der Waals surface area (Å²) in [5, 5.41) is 0. The Labute approximate surface area is 102 Å². The van der Waals surface area contributed by atoms with Gasteiger partial charge in [0.1, 0.15) is 0 Å². The van der Waals surface area contributed by atoms with Crippen LogP contribution in [0.2, 0.25) is 0 Å². The minimum Gasteiger partial charge on any atom is -0.219 e. The lowest BCUT2D eigenvalue weighted by molar-refractivity contribution is 0.540. The molecule has 0 radical (unpaired) electrons. The minimum atomic E-state index is -3.29. The highest BCUT2D eigenvalue weighted by Gasteiger charge is 2.33. The van der Waals surface area contributed by atoms with Gasteiger partial charge in [-0.15, -0.1) is 0 Å². The van der Waals surface area contributed by atoms with E-state index in [2.05, 4.69) is 6.08 Å². The van der Waals surface area contributed by atoms with E-state index in [0.29, 0.717) is 15.7 Å². The van der Waals surface area contributed by atoms with E-state index in [9.17, 15) is 8.42 Å². The van der Waals surface area contributed by atoms with Gasteiger partial charge in [-0.1, -0.05) is 36.4 Å². The molecule has 2 atom stereocenters.